The third-order valence-electron chi connectivity index (χ3n) is 8.78. The van der Waals surface area contributed by atoms with Gasteiger partial charge in [-0.25, -0.2) is 0 Å². The molecule has 4 fully saturated rings. The summed E-state index contributed by atoms with van der Waals surface area (Å²) >= 11 is 0. The second-order valence-electron chi connectivity index (χ2n) is 10.4. The first-order chi connectivity index (χ1) is 9.65. The number of aliphatic hydroxyl groups is 1. The van der Waals surface area contributed by atoms with Gasteiger partial charge in [-0.05, 0) is 91.8 Å². The van der Waals surface area contributed by atoms with Gasteiger partial charge in [0.1, 0.15) is 0 Å². The topological polar surface area (TPSA) is 20.2 Å². The van der Waals surface area contributed by atoms with E-state index in [-0.39, 0.29) is 0 Å². The zero-order valence-electron chi connectivity index (χ0n) is 14.7. The second kappa shape index (κ2) is 3.89. The fourth-order valence-electron chi connectivity index (χ4n) is 8.23. The van der Waals surface area contributed by atoms with E-state index in [1.165, 1.54) is 32.1 Å². The minimum absolute atomic E-state index is 0.400. The Morgan fingerprint density at radius 3 is 2.38 bits per heavy atom. The smallest absolute Gasteiger partial charge is 0.0628 e. The Balaban J connectivity index is 1.72. The molecule has 0 amide bonds. The first-order valence-electron chi connectivity index (χ1n) is 9.37. The molecule has 4 saturated carbocycles. The first-order valence-corrected chi connectivity index (χ1v) is 9.37. The lowest BCUT2D eigenvalue weighted by Crippen LogP contribution is -2.54. The molecule has 21 heavy (non-hydrogen) atoms. The predicted molar refractivity (Wildman–Crippen MR) is 86.9 cm³/mol. The third kappa shape index (κ3) is 1.62. The molecule has 4 aliphatic rings. The molecule has 7 atom stereocenters. The van der Waals surface area contributed by atoms with Gasteiger partial charge in [0.25, 0.3) is 0 Å². The van der Waals surface area contributed by atoms with Gasteiger partial charge in [-0.15, -0.1) is 0 Å². The maximum atomic E-state index is 10.7. The molecule has 4 aliphatic carbocycles. The first kappa shape index (κ1) is 14.5. The van der Waals surface area contributed by atoms with E-state index in [0.717, 1.165) is 36.5 Å². The molecule has 4 rings (SSSR count). The summed E-state index contributed by atoms with van der Waals surface area (Å²) in [6, 6.07) is 0. The fraction of sp³-hybridized carbons (Fsp3) is 1.00. The van der Waals surface area contributed by atoms with Crippen LogP contribution in [0.2, 0.25) is 0 Å². The Morgan fingerprint density at radius 1 is 1.00 bits per heavy atom. The van der Waals surface area contributed by atoms with Crippen molar-refractivity contribution in [3.05, 3.63) is 0 Å². The zero-order valence-corrected chi connectivity index (χ0v) is 14.7. The van der Waals surface area contributed by atoms with Crippen LogP contribution in [0.1, 0.15) is 79.6 Å². The molecule has 0 aromatic carbocycles. The highest BCUT2D eigenvalue weighted by Crippen LogP contribution is 2.83. The monoisotopic (exact) mass is 290 g/mol. The summed E-state index contributed by atoms with van der Waals surface area (Å²) in [4.78, 5) is 0. The van der Waals surface area contributed by atoms with Crippen molar-refractivity contribution in [2.24, 2.45) is 39.9 Å². The Labute approximate surface area is 130 Å². The van der Waals surface area contributed by atoms with Gasteiger partial charge in [0.2, 0.25) is 0 Å². The van der Waals surface area contributed by atoms with Crippen molar-refractivity contribution in [3.8, 4) is 0 Å². The van der Waals surface area contributed by atoms with E-state index in [2.05, 4.69) is 34.6 Å². The fourth-order valence-corrected chi connectivity index (χ4v) is 8.23. The van der Waals surface area contributed by atoms with Crippen molar-refractivity contribution in [3.63, 3.8) is 0 Å². The molecule has 1 spiro atoms. The second-order valence-corrected chi connectivity index (χ2v) is 10.4. The van der Waals surface area contributed by atoms with Gasteiger partial charge in [0.15, 0.2) is 0 Å². The summed E-state index contributed by atoms with van der Waals surface area (Å²) in [7, 11) is 0. The Hall–Kier alpha value is -0.0400. The summed E-state index contributed by atoms with van der Waals surface area (Å²) in [5.74, 6) is 3.54. The standard InChI is InChI=1S/C20H34O/c1-13(2)15-6-7-16-19(15,5)9-8-17(3)12-18(4,21)10-14-11-20(14,16)17/h13-16,21H,6-12H2,1-5H3. The number of hydrogen-bond donors (Lipinski definition) is 1. The molecule has 0 radical (unpaired) electrons. The minimum atomic E-state index is -0.400. The quantitative estimate of drug-likeness (QED) is 0.718. The Morgan fingerprint density at radius 2 is 1.71 bits per heavy atom. The predicted octanol–water partition coefficient (Wildman–Crippen LogP) is 5.03. The van der Waals surface area contributed by atoms with Gasteiger partial charge in [-0.1, -0.05) is 27.7 Å². The van der Waals surface area contributed by atoms with Crippen LogP contribution in [0.25, 0.3) is 0 Å². The maximum Gasteiger partial charge on any atom is 0.0628 e. The molecular weight excluding hydrogens is 256 g/mol. The van der Waals surface area contributed by atoms with Crippen LogP contribution in [0, 0.1) is 39.9 Å². The van der Waals surface area contributed by atoms with Crippen molar-refractivity contribution in [1.82, 2.24) is 0 Å². The molecule has 0 aromatic heterocycles. The molecule has 7 unspecified atom stereocenters. The van der Waals surface area contributed by atoms with Gasteiger partial charge >= 0.3 is 0 Å². The van der Waals surface area contributed by atoms with Crippen LogP contribution in [0.5, 0.6) is 0 Å². The minimum Gasteiger partial charge on any atom is -0.390 e. The highest BCUT2D eigenvalue weighted by atomic mass is 16.3. The molecule has 0 aliphatic heterocycles. The highest BCUT2D eigenvalue weighted by molar-refractivity contribution is 5.25. The summed E-state index contributed by atoms with van der Waals surface area (Å²) in [6.07, 6.45) is 9.23. The molecule has 0 heterocycles. The van der Waals surface area contributed by atoms with Gasteiger partial charge in [0, 0.05) is 0 Å². The average molecular weight is 290 g/mol. The van der Waals surface area contributed by atoms with E-state index in [1.54, 1.807) is 0 Å². The summed E-state index contributed by atoms with van der Waals surface area (Å²) in [5.41, 5.74) is 1.20. The number of fused-ring (bicyclic) bond motifs is 1. The lowest BCUT2D eigenvalue weighted by molar-refractivity contribution is -0.139. The van der Waals surface area contributed by atoms with E-state index in [9.17, 15) is 5.11 Å². The molecule has 120 valence electrons. The van der Waals surface area contributed by atoms with Crippen molar-refractivity contribution in [2.75, 3.05) is 0 Å². The molecular formula is C20H34O. The van der Waals surface area contributed by atoms with Crippen LogP contribution in [-0.4, -0.2) is 10.7 Å². The molecule has 0 aromatic rings. The van der Waals surface area contributed by atoms with Crippen molar-refractivity contribution in [1.29, 1.82) is 0 Å². The lowest BCUT2D eigenvalue weighted by Gasteiger charge is -2.59. The van der Waals surface area contributed by atoms with Gasteiger partial charge in [-0.2, -0.15) is 0 Å². The summed E-state index contributed by atoms with van der Waals surface area (Å²) < 4.78 is 0. The largest absolute Gasteiger partial charge is 0.390 e. The van der Waals surface area contributed by atoms with Crippen molar-refractivity contribution >= 4 is 0 Å². The highest BCUT2D eigenvalue weighted by Gasteiger charge is 2.77. The SMILES string of the molecule is CC(C)C1CCC2C1(C)CCC1(C)CC(C)(O)CC3CC321. The van der Waals surface area contributed by atoms with Gasteiger partial charge in [0.05, 0.1) is 5.60 Å². The lowest BCUT2D eigenvalue weighted by atomic mass is 9.46. The summed E-state index contributed by atoms with van der Waals surface area (Å²) in [6.45, 7) is 12.1. The van der Waals surface area contributed by atoms with Crippen LogP contribution in [0.15, 0.2) is 0 Å². The van der Waals surface area contributed by atoms with E-state index in [4.69, 9.17) is 0 Å². The molecule has 1 heteroatoms. The van der Waals surface area contributed by atoms with E-state index >= 15 is 0 Å². The van der Waals surface area contributed by atoms with E-state index in [0.29, 0.717) is 16.2 Å². The average Bonchev–Trinajstić information content (AvgIpc) is 2.92. The maximum absolute atomic E-state index is 10.7. The third-order valence-corrected chi connectivity index (χ3v) is 8.78. The van der Waals surface area contributed by atoms with Gasteiger partial charge < -0.3 is 5.11 Å². The number of hydrogen-bond acceptors (Lipinski definition) is 1. The van der Waals surface area contributed by atoms with E-state index in [1.807, 2.05) is 0 Å². The van der Waals surface area contributed by atoms with Gasteiger partial charge in [-0.3, -0.25) is 0 Å². The van der Waals surface area contributed by atoms with Crippen LogP contribution in [-0.2, 0) is 0 Å². The van der Waals surface area contributed by atoms with Crippen molar-refractivity contribution < 1.29 is 5.11 Å². The van der Waals surface area contributed by atoms with Crippen LogP contribution >= 0.6 is 0 Å². The van der Waals surface area contributed by atoms with Crippen LogP contribution < -0.4 is 0 Å². The van der Waals surface area contributed by atoms with E-state index < -0.39 is 5.60 Å². The normalized spacial score (nSPS) is 62.1. The van der Waals surface area contributed by atoms with Crippen molar-refractivity contribution in [2.45, 2.75) is 85.2 Å². The number of rotatable bonds is 1. The van der Waals surface area contributed by atoms with Crippen LogP contribution in [0.3, 0.4) is 0 Å². The Bertz CT molecular complexity index is 466. The summed E-state index contributed by atoms with van der Waals surface area (Å²) in [5, 5.41) is 10.7. The molecule has 1 nitrogen and oxygen atoms in total. The molecule has 0 bridgehead atoms. The van der Waals surface area contributed by atoms with Crippen LogP contribution in [0.4, 0.5) is 0 Å². The molecule has 1 N–H and O–H groups in total. The zero-order chi connectivity index (χ0) is 15.3. The Kier molecular flexibility index (Phi) is 2.69. The molecule has 0 saturated heterocycles.